The summed E-state index contributed by atoms with van der Waals surface area (Å²) in [7, 11) is 0. The van der Waals surface area contributed by atoms with E-state index >= 15 is 0 Å². The fraction of sp³-hybridized carbons (Fsp3) is 0.158. The molecule has 0 aliphatic carbocycles. The minimum absolute atomic E-state index is 0.0980. The molecule has 124 valence electrons. The summed E-state index contributed by atoms with van der Waals surface area (Å²) in [6.45, 7) is 1.75. The third kappa shape index (κ3) is 4.79. The molecule has 0 bridgehead atoms. The third-order valence-electron chi connectivity index (χ3n) is 3.62. The van der Waals surface area contributed by atoms with Crippen molar-refractivity contribution in [1.29, 1.82) is 0 Å². The Morgan fingerprint density at radius 2 is 1.75 bits per heavy atom. The average Bonchev–Trinajstić information content (AvgIpc) is 2.59. The summed E-state index contributed by atoms with van der Waals surface area (Å²) in [5, 5.41) is 13.1. The van der Waals surface area contributed by atoms with E-state index in [-0.39, 0.29) is 12.5 Å². The van der Waals surface area contributed by atoms with Crippen molar-refractivity contribution >= 4 is 17.9 Å². The molecule has 0 heterocycles. The maximum absolute atomic E-state index is 11.9. The maximum atomic E-state index is 11.9. The molecule has 5 nitrogen and oxygen atoms in total. The first-order chi connectivity index (χ1) is 11.4. The first-order valence-corrected chi connectivity index (χ1v) is 7.52. The van der Waals surface area contributed by atoms with E-state index in [1.165, 1.54) is 6.08 Å². The van der Waals surface area contributed by atoms with E-state index in [2.05, 4.69) is 5.32 Å². The predicted molar refractivity (Wildman–Crippen MR) is 93.0 cm³/mol. The molecule has 2 amide bonds. The highest BCUT2D eigenvalue weighted by atomic mass is 16.3. The molecule has 0 spiro atoms. The second-order valence-electron chi connectivity index (χ2n) is 5.68. The van der Waals surface area contributed by atoms with Gasteiger partial charge in [0, 0.05) is 11.6 Å². The Kier molecular flexibility index (Phi) is 5.50. The number of carbonyl (C=O) groups excluding carboxylic acids is 2. The summed E-state index contributed by atoms with van der Waals surface area (Å²) in [5.74, 6) is -0.809. The molecule has 4 N–H and O–H groups in total. The smallest absolute Gasteiger partial charge is 0.248 e. The minimum atomic E-state index is -1.14. The normalized spacial score (nSPS) is 13.4. The van der Waals surface area contributed by atoms with Crippen LogP contribution < -0.4 is 11.1 Å². The zero-order chi connectivity index (χ0) is 17.6. The van der Waals surface area contributed by atoms with Gasteiger partial charge in [-0.05, 0) is 36.3 Å². The summed E-state index contributed by atoms with van der Waals surface area (Å²) in [5.41, 5.74) is 5.94. The van der Waals surface area contributed by atoms with Crippen molar-refractivity contribution in [3.05, 3.63) is 77.4 Å². The lowest BCUT2D eigenvalue weighted by molar-refractivity contribution is -0.117. The quantitative estimate of drug-likeness (QED) is 0.708. The van der Waals surface area contributed by atoms with Crippen LogP contribution in [0.25, 0.3) is 6.08 Å². The van der Waals surface area contributed by atoms with E-state index in [9.17, 15) is 14.7 Å². The molecule has 1 unspecified atom stereocenters. The maximum Gasteiger partial charge on any atom is 0.248 e. The van der Waals surface area contributed by atoms with Crippen molar-refractivity contribution in [3.63, 3.8) is 0 Å². The zero-order valence-corrected chi connectivity index (χ0v) is 13.4. The second kappa shape index (κ2) is 7.57. The number of primary amides is 1. The predicted octanol–water partition coefficient (Wildman–Crippen LogP) is 1.82. The first-order valence-electron chi connectivity index (χ1n) is 7.52. The van der Waals surface area contributed by atoms with Crippen molar-refractivity contribution in [2.75, 3.05) is 6.54 Å². The first kappa shape index (κ1) is 17.4. The van der Waals surface area contributed by atoms with Crippen LogP contribution in [-0.4, -0.2) is 23.5 Å². The highest BCUT2D eigenvalue weighted by Crippen LogP contribution is 2.18. The van der Waals surface area contributed by atoms with Crippen LogP contribution in [0.5, 0.6) is 0 Å². The van der Waals surface area contributed by atoms with Crippen molar-refractivity contribution < 1.29 is 14.7 Å². The monoisotopic (exact) mass is 324 g/mol. The van der Waals surface area contributed by atoms with E-state index < -0.39 is 11.5 Å². The average molecular weight is 324 g/mol. The minimum Gasteiger partial charge on any atom is -0.384 e. The van der Waals surface area contributed by atoms with Crippen molar-refractivity contribution in [3.8, 4) is 0 Å². The molecule has 1 atom stereocenters. The largest absolute Gasteiger partial charge is 0.384 e. The van der Waals surface area contributed by atoms with Crippen LogP contribution in [0.1, 0.15) is 28.4 Å². The molecule has 0 aliphatic heterocycles. The number of nitrogens with one attached hydrogen (secondary N) is 1. The molecule has 24 heavy (non-hydrogen) atoms. The van der Waals surface area contributed by atoms with Crippen molar-refractivity contribution in [2.45, 2.75) is 12.5 Å². The fourth-order valence-electron chi connectivity index (χ4n) is 2.15. The molecule has 2 aromatic rings. The van der Waals surface area contributed by atoms with Crippen LogP contribution in [0, 0.1) is 0 Å². The Labute approximate surface area is 140 Å². The molecule has 0 radical (unpaired) electrons. The van der Waals surface area contributed by atoms with Crippen LogP contribution in [0.2, 0.25) is 0 Å². The third-order valence-corrected chi connectivity index (χ3v) is 3.62. The van der Waals surface area contributed by atoms with Gasteiger partial charge in [-0.25, -0.2) is 0 Å². The van der Waals surface area contributed by atoms with Crippen LogP contribution in [0.4, 0.5) is 0 Å². The fourth-order valence-corrected chi connectivity index (χ4v) is 2.15. The lowest BCUT2D eigenvalue weighted by Gasteiger charge is -2.23. The van der Waals surface area contributed by atoms with Crippen molar-refractivity contribution in [1.82, 2.24) is 5.32 Å². The van der Waals surface area contributed by atoms with Gasteiger partial charge in [-0.3, -0.25) is 9.59 Å². The molecule has 2 rings (SSSR count). The molecule has 0 fully saturated rings. The molecule has 0 saturated heterocycles. The highest BCUT2D eigenvalue weighted by molar-refractivity contribution is 5.94. The lowest BCUT2D eigenvalue weighted by atomic mass is 9.96. The van der Waals surface area contributed by atoms with Crippen molar-refractivity contribution in [2.24, 2.45) is 5.73 Å². The molecule has 0 aromatic heterocycles. The second-order valence-corrected chi connectivity index (χ2v) is 5.68. The zero-order valence-electron chi connectivity index (χ0n) is 13.4. The van der Waals surface area contributed by atoms with Gasteiger partial charge in [-0.15, -0.1) is 0 Å². The SMILES string of the molecule is CC(O)(CNC(=O)C=Cc1ccc(C(N)=O)cc1)c1ccccc1. The molecular formula is C19H20N2O3. The van der Waals surface area contributed by atoms with Crippen LogP contribution in [0.3, 0.4) is 0 Å². The standard InChI is InChI=1S/C19H20N2O3/c1-19(24,16-5-3-2-4-6-16)13-21-17(22)12-9-14-7-10-15(11-8-14)18(20)23/h2-12,24H,13H2,1H3,(H2,20,23)(H,21,22). The summed E-state index contributed by atoms with van der Waals surface area (Å²) >= 11 is 0. The number of aliphatic hydroxyl groups is 1. The van der Waals surface area contributed by atoms with Gasteiger partial charge in [-0.1, -0.05) is 42.5 Å². The van der Waals surface area contributed by atoms with E-state index in [0.29, 0.717) is 5.56 Å². The summed E-state index contributed by atoms with van der Waals surface area (Å²) in [6, 6.07) is 15.7. The van der Waals surface area contributed by atoms with Gasteiger partial charge in [0.15, 0.2) is 0 Å². The Hall–Kier alpha value is -2.92. The number of carbonyl (C=O) groups is 2. The number of benzene rings is 2. The summed E-state index contributed by atoms with van der Waals surface area (Å²) in [4.78, 5) is 22.9. The Morgan fingerprint density at radius 1 is 1.12 bits per heavy atom. The van der Waals surface area contributed by atoms with Gasteiger partial charge in [0.2, 0.25) is 11.8 Å². The number of rotatable bonds is 6. The summed E-state index contributed by atoms with van der Waals surface area (Å²) in [6.07, 6.45) is 3.00. The van der Waals surface area contributed by atoms with Gasteiger partial charge in [0.05, 0.1) is 6.54 Å². The van der Waals surface area contributed by atoms with E-state index in [1.54, 1.807) is 37.3 Å². The lowest BCUT2D eigenvalue weighted by Crippen LogP contribution is -2.37. The number of hydrogen-bond acceptors (Lipinski definition) is 3. The van der Waals surface area contributed by atoms with E-state index in [0.717, 1.165) is 11.1 Å². The van der Waals surface area contributed by atoms with Crippen LogP contribution in [0.15, 0.2) is 60.7 Å². The Bertz CT molecular complexity index is 735. The molecule has 5 heteroatoms. The van der Waals surface area contributed by atoms with Gasteiger partial charge in [0.25, 0.3) is 0 Å². The molecule has 2 aromatic carbocycles. The van der Waals surface area contributed by atoms with E-state index in [4.69, 9.17) is 5.73 Å². The number of nitrogens with two attached hydrogens (primary N) is 1. The highest BCUT2D eigenvalue weighted by Gasteiger charge is 2.22. The topological polar surface area (TPSA) is 92.4 Å². The van der Waals surface area contributed by atoms with Crippen LogP contribution in [-0.2, 0) is 10.4 Å². The van der Waals surface area contributed by atoms with Crippen LogP contribution >= 0.6 is 0 Å². The van der Waals surface area contributed by atoms with Gasteiger partial charge in [0.1, 0.15) is 5.60 Å². The number of amides is 2. The molecular weight excluding hydrogens is 304 g/mol. The summed E-state index contributed by atoms with van der Waals surface area (Å²) < 4.78 is 0. The van der Waals surface area contributed by atoms with Gasteiger partial charge < -0.3 is 16.2 Å². The van der Waals surface area contributed by atoms with Gasteiger partial charge in [-0.2, -0.15) is 0 Å². The number of hydrogen-bond donors (Lipinski definition) is 3. The molecule has 0 aliphatic rings. The molecule has 0 saturated carbocycles. The Balaban J connectivity index is 1.92. The van der Waals surface area contributed by atoms with Gasteiger partial charge >= 0.3 is 0 Å². The van der Waals surface area contributed by atoms with E-state index in [1.807, 2.05) is 30.3 Å². The Morgan fingerprint density at radius 3 is 2.33 bits per heavy atom.